The maximum atomic E-state index is 12.6. The predicted molar refractivity (Wildman–Crippen MR) is 100 cm³/mol. The molecule has 1 aliphatic heterocycles. The molecule has 2 amide bonds. The number of anilines is 1. The first-order chi connectivity index (χ1) is 12.6. The number of carbonyl (C=O) groups excluding carboxylic acids is 2. The van der Waals surface area contributed by atoms with Gasteiger partial charge in [0.15, 0.2) is 5.76 Å². The van der Waals surface area contributed by atoms with Crippen molar-refractivity contribution in [2.75, 3.05) is 18.4 Å². The smallest absolute Gasteiger partial charge is 0.291 e. The van der Waals surface area contributed by atoms with Crippen molar-refractivity contribution >= 4 is 28.5 Å². The number of likely N-dealkylation sites (tertiary alicyclic amines) is 1. The highest BCUT2D eigenvalue weighted by atomic mass is 16.3. The number of benzene rings is 2. The lowest BCUT2D eigenvalue weighted by atomic mass is 10.1. The van der Waals surface area contributed by atoms with Gasteiger partial charge < -0.3 is 14.6 Å². The Bertz CT molecular complexity index is 967. The zero-order valence-electron chi connectivity index (χ0n) is 14.6. The average molecular weight is 348 g/mol. The highest BCUT2D eigenvalue weighted by Crippen LogP contribution is 2.25. The van der Waals surface area contributed by atoms with E-state index in [1.807, 2.05) is 36.1 Å². The SMILES string of the molecule is Cc1c(C(=O)Nc2ccc(C(=O)N3CCCC3)cc2)oc2ccccc12. The van der Waals surface area contributed by atoms with Gasteiger partial charge in [-0.3, -0.25) is 9.59 Å². The molecule has 2 heterocycles. The summed E-state index contributed by atoms with van der Waals surface area (Å²) in [5.74, 6) is 0.0641. The number of nitrogens with one attached hydrogen (secondary N) is 1. The third-order valence-electron chi connectivity index (χ3n) is 4.83. The summed E-state index contributed by atoms with van der Waals surface area (Å²) in [6, 6.07) is 14.6. The van der Waals surface area contributed by atoms with Gasteiger partial charge in [0.1, 0.15) is 5.58 Å². The van der Waals surface area contributed by atoms with Crippen LogP contribution >= 0.6 is 0 Å². The van der Waals surface area contributed by atoms with Crippen molar-refractivity contribution in [2.45, 2.75) is 19.8 Å². The van der Waals surface area contributed by atoms with Gasteiger partial charge in [-0.2, -0.15) is 0 Å². The van der Waals surface area contributed by atoms with Crippen LogP contribution in [-0.4, -0.2) is 29.8 Å². The summed E-state index contributed by atoms with van der Waals surface area (Å²) >= 11 is 0. The fourth-order valence-electron chi connectivity index (χ4n) is 3.38. The molecule has 0 spiro atoms. The third kappa shape index (κ3) is 2.96. The highest BCUT2D eigenvalue weighted by molar-refractivity contribution is 6.06. The zero-order chi connectivity index (χ0) is 18.1. The molecule has 132 valence electrons. The van der Waals surface area contributed by atoms with E-state index >= 15 is 0 Å². The number of nitrogens with zero attached hydrogens (tertiary/aromatic N) is 1. The Hall–Kier alpha value is -3.08. The largest absolute Gasteiger partial charge is 0.451 e. The fourth-order valence-corrected chi connectivity index (χ4v) is 3.38. The zero-order valence-corrected chi connectivity index (χ0v) is 14.6. The molecule has 3 aromatic rings. The molecule has 0 unspecified atom stereocenters. The topological polar surface area (TPSA) is 62.6 Å². The summed E-state index contributed by atoms with van der Waals surface area (Å²) in [7, 11) is 0. The van der Waals surface area contributed by atoms with Crippen molar-refractivity contribution in [3.8, 4) is 0 Å². The number of hydrogen-bond donors (Lipinski definition) is 1. The molecule has 1 aromatic heterocycles. The quantitative estimate of drug-likeness (QED) is 0.770. The number of aryl methyl sites for hydroxylation is 1. The molecule has 1 saturated heterocycles. The van der Waals surface area contributed by atoms with Crippen LogP contribution in [0.3, 0.4) is 0 Å². The maximum Gasteiger partial charge on any atom is 0.291 e. The van der Waals surface area contributed by atoms with Gasteiger partial charge in [0, 0.05) is 35.3 Å². The number of fused-ring (bicyclic) bond motifs is 1. The molecule has 2 aromatic carbocycles. The molecule has 5 nitrogen and oxygen atoms in total. The Kier molecular flexibility index (Phi) is 4.21. The molecule has 4 rings (SSSR count). The number of para-hydroxylation sites is 1. The van der Waals surface area contributed by atoms with Crippen molar-refractivity contribution in [2.24, 2.45) is 0 Å². The fraction of sp³-hybridized carbons (Fsp3) is 0.238. The van der Waals surface area contributed by atoms with E-state index in [-0.39, 0.29) is 11.8 Å². The lowest BCUT2D eigenvalue weighted by Gasteiger charge is -2.15. The van der Waals surface area contributed by atoms with E-state index in [2.05, 4.69) is 5.32 Å². The van der Waals surface area contributed by atoms with Gasteiger partial charge in [0.2, 0.25) is 0 Å². The van der Waals surface area contributed by atoms with Crippen LogP contribution in [0.2, 0.25) is 0 Å². The van der Waals surface area contributed by atoms with Gasteiger partial charge in [0.25, 0.3) is 11.8 Å². The molecule has 0 aliphatic carbocycles. The summed E-state index contributed by atoms with van der Waals surface area (Å²) in [6.45, 7) is 3.52. The van der Waals surface area contributed by atoms with Gasteiger partial charge in [-0.1, -0.05) is 18.2 Å². The van der Waals surface area contributed by atoms with E-state index in [0.29, 0.717) is 22.6 Å². The Morgan fingerprint density at radius 3 is 2.38 bits per heavy atom. The van der Waals surface area contributed by atoms with E-state index in [1.54, 1.807) is 24.3 Å². The van der Waals surface area contributed by atoms with E-state index in [4.69, 9.17) is 4.42 Å². The second-order valence-corrected chi connectivity index (χ2v) is 6.58. The summed E-state index contributed by atoms with van der Waals surface area (Å²) < 4.78 is 5.69. The van der Waals surface area contributed by atoms with Crippen LogP contribution in [-0.2, 0) is 0 Å². The molecule has 0 atom stereocenters. The van der Waals surface area contributed by atoms with Crippen LogP contribution < -0.4 is 5.32 Å². The number of amides is 2. The lowest BCUT2D eigenvalue weighted by Crippen LogP contribution is -2.27. The van der Waals surface area contributed by atoms with Crippen molar-refractivity contribution in [3.63, 3.8) is 0 Å². The van der Waals surface area contributed by atoms with E-state index in [1.165, 1.54) is 0 Å². The Morgan fingerprint density at radius 2 is 1.69 bits per heavy atom. The number of furan rings is 1. The first-order valence-electron chi connectivity index (χ1n) is 8.82. The summed E-state index contributed by atoms with van der Waals surface area (Å²) in [4.78, 5) is 26.8. The minimum Gasteiger partial charge on any atom is -0.451 e. The van der Waals surface area contributed by atoms with Gasteiger partial charge in [-0.25, -0.2) is 0 Å². The van der Waals surface area contributed by atoms with Crippen LogP contribution in [0, 0.1) is 6.92 Å². The molecule has 5 heteroatoms. The summed E-state index contributed by atoms with van der Waals surface area (Å²) in [5.41, 5.74) is 2.79. The average Bonchev–Trinajstić information content (AvgIpc) is 3.31. The van der Waals surface area contributed by atoms with Crippen molar-refractivity contribution in [1.29, 1.82) is 0 Å². The monoisotopic (exact) mass is 348 g/mol. The minimum atomic E-state index is -0.294. The van der Waals surface area contributed by atoms with E-state index < -0.39 is 0 Å². The first-order valence-corrected chi connectivity index (χ1v) is 8.82. The van der Waals surface area contributed by atoms with Crippen LogP contribution in [0.25, 0.3) is 11.0 Å². The second kappa shape index (κ2) is 6.67. The number of rotatable bonds is 3. The molecular weight excluding hydrogens is 328 g/mol. The highest BCUT2D eigenvalue weighted by Gasteiger charge is 2.20. The maximum absolute atomic E-state index is 12.6. The van der Waals surface area contributed by atoms with Crippen LogP contribution in [0.1, 0.15) is 39.3 Å². The van der Waals surface area contributed by atoms with E-state index in [9.17, 15) is 9.59 Å². The molecule has 1 N–H and O–H groups in total. The first kappa shape index (κ1) is 16.4. The number of carbonyl (C=O) groups is 2. The van der Waals surface area contributed by atoms with E-state index in [0.717, 1.165) is 36.9 Å². The summed E-state index contributed by atoms with van der Waals surface area (Å²) in [5, 5.41) is 3.77. The molecule has 0 saturated carbocycles. The van der Waals surface area contributed by atoms with Crippen LogP contribution in [0.15, 0.2) is 52.9 Å². The predicted octanol–water partition coefficient (Wildman–Crippen LogP) is 4.23. The minimum absolute atomic E-state index is 0.0495. The lowest BCUT2D eigenvalue weighted by molar-refractivity contribution is 0.0792. The normalized spacial score (nSPS) is 14.0. The van der Waals surface area contributed by atoms with Gasteiger partial charge >= 0.3 is 0 Å². The van der Waals surface area contributed by atoms with Crippen molar-refractivity contribution < 1.29 is 14.0 Å². The van der Waals surface area contributed by atoms with Crippen molar-refractivity contribution in [1.82, 2.24) is 4.90 Å². The molecule has 1 fully saturated rings. The molecule has 0 bridgehead atoms. The molecular formula is C21H20N2O3. The Labute approximate surface area is 151 Å². The van der Waals surface area contributed by atoms with Crippen LogP contribution in [0.5, 0.6) is 0 Å². The van der Waals surface area contributed by atoms with Gasteiger partial charge in [0.05, 0.1) is 0 Å². The number of hydrogen-bond acceptors (Lipinski definition) is 3. The molecule has 0 radical (unpaired) electrons. The standard InChI is InChI=1S/C21H20N2O3/c1-14-17-6-2-3-7-18(17)26-19(14)20(24)22-16-10-8-15(9-11-16)21(25)23-12-4-5-13-23/h2-3,6-11H,4-5,12-13H2,1H3,(H,22,24). The van der Waals surface area contributed by atoms with Gasteiger partial charge in [-0.05, 0) is 50.1 Å². The Morgan fingerprint density at radius 1 is 1.00 bits per heavy atom. The second-order valence-electron chi connectivity index (χ2n) is 6.58. The van der Waals surface area contributed by atoms with Crippen LogP contribution in [0.4, 0.5) is 5.69 Å². The van der Waals surface area contributed by atoms with Crippen molar-refractivity contribution in [3.05, 3.63) is 65.4 Å². The summed E-state index contributed by atoms with van der Waals surface area (Å²) in [6.07, 6.45) is 2.13. The molecule has 26 heavy (non-hydrogen) atoms. The Balaban J connectivity index is 1.50. The molecule has 1 aliphatic rings. The van der Waals surface area contributed by atoms with Gasteiger partial charge in [-0.15, -0.1) is 0 Å². The third-order valence-corrected chi connectivity index (χ3v) is 4.83.